The number of hydrogen-bond acceptors (Lipinski definition) is 4. The zero-order valence-electron chi connectivity index (χ0n) is 15.8. The van der Waals surface area contributed by atoms with Gasteiger partial charge >= 0.3 is 0 Å². The van der Waals surface area contributed by atoms with Crippen LogP contribution in [0.5, 0.6) is 0 Å². The summed E-state index contributed by atoms with van der Waals surface area (Å²) in [6.45, 7) is 5.91. The Labute approximate surface area is 159 Å². The summed E-state index contributed by atoms with van der Waals surface area (Å²) < 4.78 is 5.16. The molecule has 146 valence electrons. The summed E-state index contributed by atoms with van der Waals surface area (Å²) in [6, 6.07) is 3.35. The van der Waals surface area contributed by atoms with Crippen LogP contribution in [0.4, 0.5) is 0 Å². The third kappa shape index (κ3) is 3.73. The van der Waals surface area contributed by atoms with Gasteiger partial charge in [0.2, 0.25) is 11.8 Å². The highest BCUT2D eigenvalue weighted by Crippen LogP contribution is 2.42. The number of rotatable bonds is 3. The molecule has 0 N–H and O–H groups in total. The second kappa shape index (κ2) is 7.37. The smallest absolute Gasteiger partial charge is 0.289 e. The van der Waals surface area contributed by atoms with Gasteiger partial charge in [-0.3, -0.25) is 14.4 Å². The molecule has 2 unspecified atom stereocenters. The average Bonchev–Trinajstić information content (AvgIpc) is 3.31. The molecule has 0 aromatic carbocycles. The number of nitrogens with zero attached hydrogens (tertiary/aromatic N) is 3. The Hall–Kier alpha value is -2.31. The van der Waals surface area contributed by atoms with E-state index in [1.54, 1.807) is 17.0 Å². The molecule has 3 aliphatic rings. The minimum absolute atomic E-state index is 0.0730. The van der Waals surface area contributed by atoms with Crippen molar-refractivity contribution < 1.29 is 18.8 Å². The van der Waals surface area contributed by atoms with Gasteiger partial charge < -0.3 is 19.1 Å². The van der Waals surface area contributed by atoms with E-state index in [1.165, 1.54) is 6.26 Å². The first-order valence-electron chi connectivity index (χ1n) is 9.95. The van der Waals surface area contributed by atoms with Crippen LogP contribution in [0.1, 0.15) is 36.7 Å². The normalized spacial score (nSPS) is 26.2. The molecule has 3 heterocycles. The topological polar surface area (TPSA) is 74.1 Å². The monoisotopic (exact) mass is 373 g/mol. The maximum Gasteiger partial charge on any atom is 0.289 e. The predicted molar refractivity (Wildman–Crippen MR) is 97.8 cm³/mol. The highest BCUT2D eigenvalue weighted by atomic mass is 16.3. The number of amides is 3. The quantitative estimate of drug-likeness (QED) is 0.804. The van der Waals surface area contributed by atoms with Crippen molar-refractivity contribution in [1.29, 1.82) is 0 Å². The largest absolute Gasteiger partial charge is 0.459 e. The van der Waals surface area contributed by atoms with Gasteiger partial charge in [-0.2, -0.15) is 0 Å². The van der Waals surface area contributed by atoms with Crippen LogP contribution in [0, 0.1) is 17.8 Å². The molecule has 1 aromatic heterocycles. The van der Waals surface area contributed by atoms with E-state index in [0.29, 0.717) is 44.3 Å². The molecule has 0 radical (unpaired) electrons. The highest BCUT2D eigenvalue weighted by Gasteiger charge is 2.51. The van der Waals surface area contributed by atoms with Gasteiger partial charge in [-0.25, -0.2) is 0 Å². The fourth-order valence-corrected chi connectivity index (χ4v) is 4.12. The van der Waals surface area contributed by atoms with Crippen LogP contribution in [0.3, 0.4) is 0 Å². The van der Waals surface area contributed by atoms with Gasteiger partial charge in [0.25, 0.3) is 5.91 Å². The van der Waals surface area contributed by atoms with Gasteiger partial charge in [0, 0.05) is 39.3 Å². The number of hydrogen-bond donors (Lipinski definition) is 0. The summed E-state index contributed by atoms with van der Waals surface area (Å²) in [6.07, 6.45) is 4.28. The molecule has 2 atom stereocenters. The molecule has 1 aromatic rings. The fourth-order valence-electron chi connectivity index (χ4n) is 4.12. The summed E-state index contributed by atoms with van der Waals surface area (Å²) in [5, 5.41) is 0. The molecule has 7 heteroatoms. The number of piperidine rings is 1. The number of carbonyl (C=O) groups excluding carboxylic acids is 3. The van der Waals surface area contributed by atoms with E-state index in [2.05, 4.69) is 6.92 Å². The summed E-state index contributed by atoms with van der Waals surface area (Å²) in [5.74, 6) is 0.823. The summed E-state index contributed by atoms with van der Waals surface area (Å²) in [4.78, 5) is 43.1. The highest BCUT2D eigenvalue weighted by molar-refractivity contribution is 5.93. The minimum atomic E-state index is -0.163. The molecule has 4 rings (SSSR count). The number of carbonyl (C=O) groups is 3. The lowest BCUT2D eigenvalue weighted by molar-refractivity contribution is -0.139. The molecule has 1 aliphatic carbocycles. The lowest BCUT2D eigenvalue weighted by atomic mass is 9.99. The summed E-state index contributed by atoms with van der Waals surface area (Å²) >= 11 is 0. The van der Waals surface area contributed by atoms with Crippen LogP contribution in [0.25, 0.3) is 0 Å². The Kier molecular flexibility index (Phi) is 4.93. The molecule has 1 saturated carbocycles. The fraction of sp³-hybridized carbons (Fsp3) is 0.650. The van der Waals surface area contributed by atoms with Gasteiger partial charge in [-0.1, -0.05) is 6.92 Å². The lowest BCUT2D eigenvalue weighted by Crippen LogP contribution is -2.51. The Morgan fingerprint density at radius 1 is 0.889 bits per heavy atom. The Bertz CT molecular complexity index is 701. The van der Waals surface area contributed by atoms with Crippen LogP contribution in [0.2, 0.25) is 0 Å². The lowest BCUT2D eigenvalue weighted by Gasteiger charge is -2.34. The Morgan fingerprint density at radius 2 is 1.44 bits per heavy atom. The van der Waals surface area contributed by atoms with Gasteiger partial charge in [0.1, 0.15) is 0 Å². The zero-order valence-corrected chi connectivity index (χ0v) is 15.8. The van der Waals surface area contributed by atoms with E-state index in [9.17, 15) is 14.4 Å². The van der Waals surface area contributed by atoms with E-state index in [1.807, 2.05) is 9.80 Å². The third-order valence-corrected chi connectivity index (χ3v) is 6.13. The van der Waals surface area contributed by atoms with Crippen molar-refractivity contribution in [1.82, 2.24) is 14.7 Å². The number of likely N-dealkylation sites (tertiary alicyclic amines) is 1. The van der Waals surface area contributed by atoms with Gasteiger partial charge in [0.15, 0.2) is 5.76 Å². The van der Waals surface area contributed by atoms with E-state index >= 15 is 0 Å². The van der Waals surface area contributed by atoms with Crippen LogP contribution in [0.15, 0.2) is 22.8 Å². The minimum Gasteiger partial charge on any atom is -0.459 e. The maximum absolute atomic E-state index is 12.7. The Morgan fingerprint density at radius 3 is 2.00 bits per heavy atom. The van der Waals surface area contributed by atoms with Crippen LogP contribution in [-0.4, -0.2) is 71.7 Å². The van der Waals surface area contributed by atoms with E-state index < -0.39 is 0 Å². The molecule has 0 spiro atoms. The van der Waals surface area contributed by atoms with Gasteiger partial charge in [-0.15, -0.1) is 0 Å². The van der Waals surface area contributed by atoms with Crippen LogP contribution >= 0.6 is 0 Å². The molecule has 2 aliphatic heterocycles. The molecular formula is C20H27N3O4. The first kappa shape index (κ1) is 18.1. The van der Waals surface area contributed by atoms with Crippen LogP contribution in [-0.2, 0) is 9.59 Å². The molecule has 3 amide bonds. The van der Waals surface area contributed by atoms with E-state index in [0.717, 1.165) is 25.9 Å². The number of furan rings is 1. The second-order valence-corrected chi connectivity index (χ2v) is 8.05. The summed E-state index contributed by atoms with van der Waals surface area (Å²) in [5.41, 5.74) is 0. The zero-order chi connectivity index (χ0) is 19.0. The molecular weight excluding hydrogens is 346 g/mol. The van der Waals surface area contributed by atoms with Crippen molar-refractivity contribution in [2.75, 3.05) is 39.3 Å². The molecule has 27 heavy (non-hydrogen) atoms. The van der Waals surface area contributed by atoms with Crippen molar-refractivity contribution in [3.63, 3.8) is 0 Å². The first-order chi connectivity index (χ1) is 13.0. The molecule has 2 saturated heterocycles. The van der Waals surface area contributed by atoms with Crippen LogP contribution < -0.4 is 0 Å². The molecule has 0 bridgehead atoms. The number of piperazine rings is 1. The SMILES string of the molecule is CC1CCN(C(=O)C2CC2C(=O)N2CCN(C(=O)c3ccco3)CC2)CC1. The van der Waals surface area contributed by atoms with Gasteiger partial charge in [0.05, 0.1) is 18.1 Å². The van der Waals surface area contributed by atoms with Gasteiger partial charge in [-0.05, 0) is 37.3 Å². The predicted octanol–water partition coefficient (Wildman–Crippen LogP) is 1.46. The summed E-state index contributed by atoms with van der Waals surface area (Å²) in [7, 11) is 0. The van der Waals surface area contributed by atoms with Crippen molar-refractivity contribution in [3.8, 4) is 0 Å². The van der Waals surface area contributed by atoms with E-state index in [4.69, 9.17) is 4.42 Å². The van der Waals surface area contributed by atoms with E-state index in [-0.39, 0.29) is 29.6 Å². The molecule has 7 nitrogen and oxygen atoms in total. The first-order valence-corrected chi connectivity index (χ1v) is 9.95. The standard InChI is InChI=1S/C20H27N3O4/c1-14-4-6-21(7-5-14)18(24)15-13-16(15)19(25)22-8-10-23(11-9-22)20(26)17-3-2-12-27-17/h2-3,12,14-16H,4-11,13H2,1H3. The van der Waals surface area contributed by atoms with Crippen molar-refractivity contribution in [2.24, 2.45) is 17.8 Å². The van der Waals surface area contributed by atoms with Crippen molar-refractivity contribution in [2.45, 2.75) is 26.2 Å². The Balaban J connectivity index is 1.25. The molecule has 3 fully saturated rings. The maximum atomic E-state index is 12.7. The van der Waals surface area contributed by atoms with Crippen molar-refractivity contribution in [3.05, 3.63) is 24.2 Å². The van der Waals surface area contributed by atoms with Crippen molar-refractivity contribution >= 4 is 17.7 Å². The third-order valence-electron chi connectivity index (χ3n) is 6.13. The average molecular weight is 373 g/mol. The second-order valence-electron chi connectivity index (χ2n) is 8.05.